The van der Waals surface area contributed by atoms with Gasteiger partial charge in [0.15, 0.2) is 0 Å². The van der Waals surface area contributed by atoms with Gasteiger partial charge in [-0.05, 0) is 44.8 Å². The molecule has 0 heterocycles. The highest BCUT2D eigenvalue weighted by Gasteiger charge is 2.09. The lowest BCUT2D eigenvalue weighted by Gasteiger charge is -2.21. The van der Waals surface area contributed by atoms with Crippen LogP contribution in [-0.2, 0) is 0 Å². The molecule has 0 bridgehead atoms. The molecular weight excluding hydrogens is 220 g/mol. The van der Waals surface area contributed by atoms with Crippen LogP contribution in [0.25, 0.3) is 0 Å². The lowest BCUT2D eigenvalue weighted by molar-refractivity contribution is 0.369. The van der Waals surface area contributed by atoms with Gasteiger partial charge in [-0.25, -0.2) is 0 Å². The molecule has 110 valence electrons. The molecule has 0 fully saturated rings. The lowest BCUT2D eigenvalue weighted by atomic mass is 9.96. The van der Waals surface area contributed by atoms with Crippen molar-refractivity contribution in [1.82, 2.24) is 10.6 Å². The number of hydrogen-bond donors (Lipinski definition) is 2. The smallest absolute Gasteiger partial charge is 0.00413 e. The summed E-state index contributed by atoms with van der Waals surface area (Å²) < 4.78 is 0. The Bertz CT molecular complexity index is 170. The van der Waals surface area contributed by atoms with Crippen molar-refractivity contribution in [2.24, 2.45) is 11.8 Å². The van der Waals surface area contributed by atoms with Crippen LogP contribution in [0.5, 0.6) is 0 Å². The van der Waals surface area contributed by atoms with E-state index in [1.165, 1.54) is 32.1 Å². The maximum atomic E-state index is 3.67. The number of unbranched alkanes of at least 4 members (excludes halogenated alkanes) is 2. The summed E-state index contributed by atoms with van der Waals surface area (Å²) in [5, 5.41) is 7.08. The maximum absolute atomic E-state index is 3.67. The number of hydrogen-bond acceptors (Lipinski definition) is 2. The Kier molecular flexibility index (Phi) is 11.9. The third kappa shape index (κ3) is 11.0. The fourth-order valence-electron chi connectivity index (χ4n) is 2.41. The molecule has 0 spiro atoms. The highest BCUT2D eigenvalue weighted by atomic mass is 14.9. The first kappa shape index (κ1) is 17.9. The molecule has 0 amide bonds. The van der Waals surface area contributed by atoms with Gasteiger partial charge in [-0.3, -0.25) is 0 Å². The minimum absolute atomic E-state index is 0.658. The van der Waals surface area contributed by atoms with Gasteiger partial charge in [0.05, 0.1) is 0 Å². The summed E-state index contributed by atoms with van der Waals surface area (Å²) in [6.45, 7) is 14.8. The predicted octanol–water partition coefficient (Wildman–Crippen LogP) is 3.82. The molecule has 3 unspecified atom stereocenters. The second-order valence-electron chi connectivity index (χ2n) is 6.06. The summed E-state index contributed by atoms with van der Waals surface area (Å²) in [6, 6.07) is 0.658. The topological polar surface area (TPSA) is 24.1 Å². The summed E-state index contributed by atoms with van der Waals surface area (Å²) in [7, 11) is 0. The van der Waals surface area contributed by atoms with Gasteiger partial charge < -0.3 is 10.6 Å². The minimum atomic E-state index is 0.658. The molecule has 0 aliphatic heterocycles. The number of rotatable bonds is 12. The third-order valence-corrected chi connectivity index (χ3v) is 3.61. The van der Waals surface area contributed by atoms with Crippen LogP contribution >= 0.6 is 0 Å². The highest BCUT2D eigenvalue weighted by Crippen LogP contribution is 2.14. The monoisotopic (exact) mass is 256 g/mol. The Balaban J connectivity index is 3.53. The Labute approximate surface area is 115 Å². The first-order chi connectivity index (χ1) is 8.60. The molecule has 0 radical (unpaired) electrons. The van der Waals surface area contributed by atoms with Gasteiger partial charge in [-0.1, -0.05) is 53.4 Å². The van der Waals surface area contributed by atoms with E-state index in [0.29, 0.717) is 6.04 Å². The van der Waals surface area contributed by atoms with Gasteiger partial charge in [-0.15, -0.1) is 0 Å². The molecule has 2 nitrogen and oxygen atoms in total. The zero-order chi connectivity index (χ0) is 13.8. The van der Waals surface area contributed by atoms with Crippen molar-refractivity contribution in [3.8, 4) is 0 Å². The van der Waals surface area contributed by atoms with Crippen LogP contribution in [0, 0.1) is 11.8 Å². The van der Waals surface area contributed by atoms with E-state index in [1.54, 1.807) is 0 Å². The Morgan fingerprint density at radius 1 is 0.889 bits per heavy atom. The van der Waals surface area contributed by atoms with E-state index < -0.39 is 0 Å². The molecule has 0 saturated carbocycles. The second kappa shape index (κ2) is 12.0. The number of nitrogens with one attached hydrogen (secondary N) is 2. The average Bonchev–Trinajstić information content (AvgIpc) is 2.34. The molecule has 2 heteroatoms. The summed E-state index contributed by atoms with van der Waals surface area (Å²) in [5.74, 6) is 1.59. The summed E-state index contributed by atoms with van der Waals surface area (Å²) in [4.78, 5) is 0. The minimum Gasteiger partial charge on any atom is -0.317 e. The van der Waals surface area contributed by atoms with E-state index in [1.807, 2.05) is 0 Å². The van der Waals surface area contributed by atoms with Crippen LogP contribution in [0.1, 0.15) is 66.7 Å². The zero-order valence-electron chi connectivity index (χ0n) is 13.4. The van der Waals surface area contributed by atoms with Gasteiger partial charge in [-0.2, -0.15) is 0 Å². The van der Waals surface area contributed by atoms with Crippen molar-refractivity contribution in [3.63, 3.8) is 0 Å². The predicted molar refractivity (Wildman–Crippen MR) is 83.1 cm³/mol. The molecule has 0 aromatic rings. The van der Waals surface area contributed by atoms with Crippen LogP contribution in [0.3, 0.4) is 0 Å². The molecule has 0 aromatic heterocycles. The van der Waals surface area contributed by atoms with Crippen molar-refractivity contribution in [3.05, 3.63) is 0 Å². The van der Waals surface area contributed by atoms with Gasteiger partial charge in [0.25, 0.3) is 0 Å². The van der Waals surface area contributed by atoms with Gasteiger partial charge in [0.1, 0.15) is 0 Å². The molecule has 3 atom stereocenters. The van der Waals surface area contributed by atoms with E-state index in [4.69, 9.17) is 0 Å². The van der Waals surface area contributed by atoms with Crippen LogP contribution in [-0.4, -0.2) is 25.7 Å². The Hall–Kier alpha value is -0.0800. The molecule has 2 N–H and O–H groups in total. The normalized spacial score (nSPS) is 16.5. The Morgan fingerprint density at radius 3 is 2.22 bits per heavy atom. The molecule has 0 aliphatic rings. The van der Waals surface area contributed by atoms with Gasteiger partial charge in [0, 0.05) is 6.04 Å². The summed E-state index contributed by atoms with van der Waals surface area (Å²) in [5.41, 5.74) is 0. The first-order valence-corrected chi connectivity index (χ1v) is 8.04. The second-order valence-corrected chi connectivity index (χ2v) is 6.06. The fraction of sp³-hybridized carbons (Fsp3) is 1.00. The third-order valence-electron chi connectivity index (χ3n) is 3.61. The van der Waals surface area contributed by atoms with E-state index in [2.05, 4.69) is 45.3 Å². The lowest BCUT2D eigenvalue weighted by Crippen LogP contribution is -2.35. The van der Waals surface area contributed by atoms with Crippen molar-refractivity contribution in [1.29, 1.82) is 0 Å². The molecule has 0 aliphatic carbocycles. The van der Waals surface area contributed by atoms with E-state index in [0.717, 1.165) is 31.5 Å². The van der Waals surface area contributed by atoms with Crippen LogP contribution in [0.2, 0.25) is 0 Å². The molecule has 18 heavy (non-hydrogen) atoms. The van der Waals surface area contributed by atoms with Gasteiger partial charge >= 0.3 is 0 Å². The van der Waals surface area contributed by atoms with Crippen molar-refractivity contribution in [2.45, 2.75) is 72.8 Å². The van der Waals surface area contributed by atoms with Crippen LogP contribution in [0.4, 0.5) is 0 Å². The molecule has 0 saturated heterocycles. The van der Waals surface area contributed by atoms with Crippen molar-refractivity contribution < 1.29 is 0 Å². The van der Waals surface area contributed by atoms with Crippen LogP contribution in [0.15, 0.2) is 0 Å². The zero-order valence-corrected chi connectivity index (χ0v) is 13.4. The van der Waals surface area contributed by atoms with E-state index in [-0.39, 0.29) is 0 Å². The summed E-state index contributed by atoms with van der Waals surface area (Å²) >= 11 is 0. The van der Waals surface area contributed by atoms with Crippen molar-refractivity contribution >= 4 is 0 Å². The largest absolute Gasteiger partial charge is 0.317 e. The van der Waals surface area contributed by atoms with Crippen LogP contribution < -0.4 is 10.6 Å². The fourth-order valence-corrected chi connectivity index (χ4v) is 2.41. The average molecular weight is 256 g/mol. The molecule has 0 rings (SSSR count). The SMILES string of the molecule is CCCCCC(C)CC(C)NCC(C)CNCC. The molecule has 0 aromatic carbocycles. The Morgan fingerprint density at radius 2 is 1.61 bits per heavy atom. The van der Waals surface area contributed by atoms with Gasteiger partial charge in [0.2, 0.25) is 0 Å². The highest BCUT2D eigenvalue weighted by molar-refractivity contribution is 4.68. The standard InChI is InChI=1S/C16H36N2/c1-6-8-9-10-14(3)11-16(5)18-13-15(4)12-17-7-2/h14-18H,6-13H2,1-5H3. The first-order valence-electron chi connectivity index (χ1n) is 8.04. The quantitative estimate of drug-likeness (QED) is 0.519. The maximum Gasteiger partial charge on any atom is 0.00413 e. The van der Waals surface area contributed by atoms with E-state index in [9.17, 15) is 0 Å². The molecular formula is C16H36N2. The summed E-state index contributed by atoms with van der Waals surface area (Å²) in [6.07, 6.45) is 6.85. The van der Waals surface area contributed by atoms with E-state index >= 15 is 0 Å². The van der Waals surface area contributed by atoms with Crippen molar-refractivity contribution in [2.75, 3.05) is 19.6 Å².